The van der Waals surface area contributed by atoms with E-state index in [0.717, 1.165) is 0 Å². The van der Waals surface area contributed by atoms with Crippen LogP contribution in [0.3, 0.4) is 0 Å². The number of nitrogens with two attached hydrogens (primary N) is 1. The largest absolute Gasteiger partial charge is 0.398 e. The Morgan fingerprint density at radius 1 is 1.50 bits per heavy atom. The monoisotopic (exact) mass is 290 g/mol. The van der Waals surface area contributed by atoms with Gasteiger partial charge in [0.05, 0.1) is 11.0 Å². The fourth-order valence-corrected chi connectivity index (χ4v) is 3.75. The van der Waals surface area contributed by atoms with Gasteiger partial charge in [0.1, 0.15) is 0 Å². The first-order valence-electron chi connectivity index (χ1n) is 5.56. The van der Waals surface area contributed by atoms with Gasteiger partial charge in [-0.1, -0.05) is 11.6 Å². The van der Waals surface area contributed by atoms with Gasteiger partial charge in [0.15, 0.2) is 0 Å². The predicted octanol–water partition coefficient (Wildman–Crippen LogP) is 0.986. The van der Waals surface area contributed by atoms with E-state index in [9.17, 15) is 13.5 Å². The minimum atomic E-state index is -3.62. The number of hydrogen-bond donors (Lipinski definition) is 2. The first-order valence-corrected chi connectivity index (χ1v) is 7.38. The molecule has 1 aliphatic rings. The lowest BCUT2D eigenvalue weighted by Crippen LogP contribution is -2.29. The third kappa shape index (κ3) is 2.33. The van der Waals surface area contributed by atoms with Crippen LogP contribution in [0, 0.1) is 6.92 Å². The fraction of sp³-hybridized carbons (Fsp3) is 0.455. The van der Waals surface area contributed by atoms with E-state index in [4.69, 9.17) is 17.3 Å². The highest BCUT2D eigenvalue weighted by Crippen LogP contribution is 2.29. The number of sulfonamides is 1. The van der Waals surface area contributed by atoms with Crippen molar-refractivity contribution in [2.24, 2.45) is 0 Å². The minimum Gasteiger partial charge on any atom is -0.398 e. The van der Waals surface area contributed by atoms with Crippen molar-refractivity contribution >= 4 is 27.3 Å². The molecule has 1 saturated heterocycles. The van der Waals surface area contributed by atoms with Crippen LogP contribution in [-0.2, 0) is 10.0 Å². The molecule has 0 radical (unpaired) electrons. The van der Waals surface area contributed by atoms with Crippen LogP contribution >= 0.6 is 11.6 Å². The summed E-state index contributed by atoms with van der Waals surface area (Å²) in [5.41, 5.74) is 6.74. The van der Waals surface area contributed by atoms with Gasteiger partial charge in [-0.3, -0.25) is 0 Å². The van der Waals surface area contributed by atoms with Gasteiger partial charge in [-0.15, -0.1) is 0 Å². The maximum absolute atomic E-state index is 12.3. The van der Waals surface area contributed by atoms with Gasteiger partial charge in [-0.05, 0) is 31.0 Å². The van der Waals surface area contributed by atoms with E-state index in [1.54, 1.807) is 6.92 Å². The lowest BCUT2D eigenvalue weighted by Gasteiger charge is -2.17. The zero-order chi connectivity index (χ0) is 13.5. The molecule has 0 amide bonds. The maximum atomic E-state index is 12.3. The summed E-state index contributed by atoms with van der Waals surface area (Å²) in [5.74, 6) is 0. The molecule has 100 valence electrons. The molecule has 1 atom stereocenters. The second-order valence-corrected chi connectivity index (χ2v) is 6.77. The standard InChI is InChI=1S/C11H15ClN2O3S/c1-7-10(12)4-9(5-11(7)13)18(16,17)14-3-2-8(15)6-14/h4-5,8,15H,2-3,6,13H2,1H3/t8-/m1/s1. The van der Waals surface area contributed by atoms with Crippen LogP contribution in [0.1, 0.15) is 12.0 Å². The van der Waals surface area contributed by atoms with Crippen molar-refractivity contribution in [2.75, 3.05) is 18.8 Å². The van der Waals surface area contributed by atoms with Crippen LogP contribution < -0.4 is 5.73 Å². The topological polar surface area (TPSA) is 83.6 Å². The molecular formula is C11H15ClN2O3S. The molecule has 0 aliphatic carbocycles. The van der Waals surface area contributed by atoms with E-state index >= 15 is 0 Å². The molecule has 1 aromatic carbocycles. The Morgan fingerprint density at radius 3 is 2.67 bits per heavy atom. The van der Waals surface area contributed by atoms with Gasteiger partial charge in [-0.25, -0.2) is 8.42 Å². The maximum Gasteiger partial charge on any atom is 0.243 e. The summed E-state index contributed by atoms with van der Waals surface area (Å²) in [4.78, 5) is 0.0738. The molecule has 1 heterocycles. The van der Waals surface area contributed by atoms with Gasteiger partial charge in [-0.2, -0.15) is 4.31 Å². The van der Waals surface area contributed by atoms with Crippen LogP contribution in [0.2, 0.25) is 5.02 Å². The first-order chi connectivity index (χ1) is 8.32. The molecule has 0 bridgehead atoms. The fourth-order valence-electron chi connectivity index (χ4n) is 1.90. The van der Waals surface area contributed by atoms with Crippen molar-refractivity contribution < 1.29 is 13.5 Å². The van der Waals surface area contributed by atoms with E-state index in [1.807, 2.05) is 0 Å². The smallest absolute Gasteiger partial charge is 0.243 e. The minimum absolute atomic E-state index is 0.0738. The number of anilines is 1. The number of rotatable bonds is 2. The highest BCUT2D eigenvalue weighted by atomic mass is 35.5. The molecule has 2 rings (SSSR count). The van der Waals surface area contributed by atoms with Crippen LogP contribution in [0.25, 0.3) is 0 Å². The number of aliphatic hydroxyl groups is 1. The van der Waals surface area contributed by atoms with E-state index in [1.165, 1.54) is 16.4 Å². The van der Waals surface area contributed by atoms with Crippen LogP contribution in [0.5, 0.6) is 0 Å². The van der Waals surface area contributed by atoms with Crippen LogP contribution in [-0.4, -0.2) is 37.0 Å². The van der Waals surface area contributed by atoms with Crippen molar-refractivity contribution in [3.05, 3.63) is 22.7 Å². The number of β-amino-alcohol motifs (C(OH)–C–C–N with tert-alkyl or cyclic N) is 1. The highest BCUT2D eigenvalue weighted by Gasteiger charge is 2.32. The van der Waals surface area contributed by atoms with Gasteiger partial charge in [0, 0.05) is 23.8 Å². The molecule has 5 nitrogen and oxygen atoms in total. The summed E-state index contributed by atoms with van der Waals surface area (Å²) in [6.45, 7) is 2.16. The lowest BCUT2D eigenvalue weighted by molar-refractivity contribution is 0.189. The Kier molecular flexibility index (Phi) is 3.55. The molecule has 0 aromatic heterocycles. The Labute approximate surface area is 111 Å². The summed E-state index contributed by atoms with van der Waals surface area (Å²) in [6, 6.07) is 2.80. The molecule has 18 heavy (non-hydrogen) atoms. The summed E-state index contributed by atoms with van der Waals surface area (Å²) in [5, 5.41) is 9.73. The second kappa shape index (κ2) is 4.70. The number of nitrogens with zero attached hydrogens (tertiary/aromatic N) is 1. The second-order valence-electron chi connectivity index (χ2n) is 4.42. The zero-order valence-corrected chi connectivity index (χ0v) is 11.5. The van der Waals surface area contributed by atoms with Gasteiger partial charge < -0.3 is 10.8 Å². The Bertz CT molecular complexity index is 551. The Hall–Kier alpha value is -0.820. The van der Waals surface area contributed by atoms with Crippen molar-refractivity contribution in [2.45, 2.75) is 24.3 Å². The van der Waals surface area contributed by atoms with E-state index in [0.29, 0.717) is 29.2 Å². The predicted molar refractivity (Wildman–Crippen MR) is 70.0 cm³/mol. The summed E-state index contributed by atoms with van der Waals surface area (Å²) < 4.78 is 25.8. The van der Waals surface area contributed by atoms with Crippen molar-refractivity contribution in [1.29, 1.82) is 0 Å². The average molecular weight is 291 g/mol. The quantitative estimate of drug-likeness (QED) is 0.796. The number of aliphatic hydroxyl groups excluding tert-OH is 1. The van der Waals surface area contributed by atoms with Crippen molar-refractivity contribution in [3.8, 4) is 0 Å². The molecule has 0 unspecified atom stereocenters. The molecule has 1 aliphatic heterocycles. The van der Waals surface area contributed by atoms with Gasteiger partial charge in [0.25, 0.3) is 0 Å². The normalized spacial score (nSPS) is 21.4. The van der Waals surface area contributed by atoms with E-state index in [-0.39, 0.29) is 11.4 Å². The zero-order valence-electron chi connectivity index (χ0n) is 9.93. The van der Waals surface area contributed by atoms with Crippen molar-refractivity contribution in [3.63, 3.8) is 0 Å². The Morgan fingerprint density at radius 2 is 2.17 bits per heavy atom. The summed E-state index contributed by atoms with van der Waals surface area (Å²) in [6.07, 6.45) is -0.146. The van der Waals surface area contributed by atoms with Crippen molar-refractivity contribution in [1.82, 2.24) is 4.31 Å². The number of halogens is 1. The average Bonchev–Trinajstić information content (AvgIpc) is 2.72. The molecule has 1 fully saturated rings. The molecule has 3 N–H and O–H groups in total. The third-order valence-corrected chi connectivity index (χ3v) is 5.36. The van der Waals surface area contributed by atoms with Crippen LogP contribution in [0.4, 0.5) is 5.69 Å². The number of benzene rings is 1. The van der Waals surface area contributed by atoms with E-state index in [2.05, 4.69) is 0 Å². The number of hydrogen-bond acceptors (Lipinski definition) is 4. The van der Waals surface area contributed by atoms with E-state index < -0.39 is 16.1 Å². The molecular weight excluding hydrogens is 276 g/mol. The number of nitrogen functional groups attached to an aromatic ring is 1. The van der Waals surface area contributed by atoms with Gasteiger partial charge >= 0.3 is 0 Å². The lowest BCUT2D eigenvalue weighted by atomic mass is 10.2. The summed E-state index contributed by atoms with van der Waals surface area (Å²) in [7, 11) is -3.62. The SMILES string of the molecule is Cc1c(N)cc(S(=O)(=O)N2CC[C@@H](O)C2)cc1Cl. The van der Waals surface area contributed by atoms with Gasteiger partial charge in [0.2, 0.25) is 10.0 Å². The molecule has 0 saturated carbocycles. The summed E-state index contributed by atoms with van der Waals surface area (Å²) >= 11 is 5.95. The highest BCUT2D eigenvalue weighted by molar-refractivity contribution is 7.89. The third-order valence-electron chi connectivity index (χ3n) is 3.12. The Balaban J connectivity index is 2.42. The molecule has 7 heteroatoms. The molecule has 0 spiro atoms. The first kappa shape index (κ1) is 13.6. The molecule has 1 aromatic rings. The van der Waals surface area contributed by atoms with Crippen LogP contribution in [0.15, 0.2) is 17.0 Å².